The van der Waals surface area contributed by atoms with Crippen LogP contribution >= 0.6 is 11.3 Å². The molecule has 9 nitrogen and oxygen atoms in total. The summed E-state index contributed by atoms with van der Waals surface area (Å²) in [4.78, 5) is 18.3. The summed E-state index contributed by atoms with van der Waals surface area (Å²) in [7, 11) is 0. The van der Waals surface area contributed by atoms with Crippen LogP contribution in [0.3, 0.4) is 0 Å². The number of carboxylic acids is 1. The molecule has 0 fully saturated rings. The number of nitrogens with one attached hydrogen (secondary N) is 1. The molecule has 0 aliphatic rings. The summed E-state index contributed by atoms with van der Waals surface area (Å²) in [6.45, 7) is 1.53. The van der Waals surface area contributed by atoms with E-state index in [2.05, 4.69) is 38.4 Å². The van der Waals surface area contributed by atoms with E-state index < -0.39 is 5.97 Å². The lowest BCUT2D eigenvalue weighted by molar-refractivity contribution is -0.134. The molecule has 0 radical (unpaired) electrons. The molecular weight excluding hydrogens is 426 g/mol. The summed E-state index contributed by atoms with van der Waals surface area (Å²) >= 11 is 1.72. The lowest BCUT2D eigenvalue weighted by Gasteiger charge is -2.10. The molecule has 2 aromatic carbocycles. The summed E-state index contributed by atoms with van der Waals surface area (Å²) < 4.78 is 1.20. The molecule has 3 heterocycles. The molecule has 0 spiro atoms. The predicted molar refractivity (Wildman–Crippen MR) is 128 cm³/mol. The second kappa shape index (κ2) is 8.61. The van der Waals surface area contributed by atoms with Crippen LogP contribution in [-0.2, 0) is 11.3 Å². The van der Waals surface area contributed by atoms with Crippen molar-refractivity contribution >= 4 is 50.1 Å². The van der Waals surface area contributed by atoms with E-state index in [9.17, 15) is 0 Å². The number of nitrogens with zero attached hydrogens (tertiary/aromatic N) is 3. The summed E-state index contributed by atoms with van der Waals surface area (Å²) in [5.74, 6) is -0.336. The van der Waals surface area contributed by atoms with Gasteiger partial charge in [0.15, 0.2) is 0 Å². The SMILES string of the molecule is CC(=O)O.NCc1c(-c2cc(-c3cnc(N)nc3N)cc3cn[nH]c23)sc2ccccc12. The normalized spacial score (nSPS) is 10.8. The van der Waals surface area contributed by atoms with E-state index in [0.717, 1.165) is 45.0 Å². The highest BCUT2D eigenvalue weighted by Crippen LogP contribution is 2.42. The van der Waals surface area contributed by atoms with Gasteiger partial charge in [0.25, 0.3) is 5.97 Å². The minimum Gasteiger partial charge on any atom is -0.481 e. The Balaban J connectivity index is 0.000000567. The molecule has 10 heteroatoms. The zero-order valence-corrected chi connectivity index (χ0v) is 18.0. The van der Waals surface area contributed by atoms with Gasteiger partial charge in [0, 0.05) is 45.8 Å². The van der Waals surface area contributed by atoms with Crippen molar-refractivity contribution in [3.8, 4) is 21.6 Å². The zero-order valence-electron chi connectivity index (χ0n) is 17.2. The van der Waals surface area contributed by atoms with E-state index in [1.54, 1.807) is 23.7 Å². The first-order valence-electron chi connectivity index (χ1n) is 9.65. The van der Waals surface area contributed by atoms with Crippen LogP contribution < -0.4 is 17.2 Å². The maximum absolute atomic E-state index is 9.00. The third-order valence-corrected chi connectivity index (χ3v) is 6.09. The highest BCUT2D eigenvalue weighted by Gasteiger charge is 2.18. The number of carbonyl (C=O) groups is 1. The molecule has 3 aromatic heterocycles. The molecule has 5 rings (SSSR count). The Morgan fingerprint density at radius 1 is 1.16 bits per heavy atom. The highest BCUT2D eigenvalue weighted by molar-refractivity contribution is 7.22. The minimum atomic E-state index is -0.833. The van der Waals surface area contributed by atoms with Crippen molar-refractivity contribution in [2.24, 2.45) is 5.73 Å². The Hall–Kier alpha value is -4.02. The molecule has 0 aliphatic carbocycles. The van der Waals surface area contributed by atoms with Gasteiger partial charge < -0.3 is 22.3 Å². The van der Waals surface area contributed by atoms with Crippen LogP contribution in [0.1, 0.15) is 12.5 Å². The number of fused-ring (bicyclic) bond motifs is 2. The number of rotatable bonds is 3. The maximum atomic E-state index is 9.00. The van der Waals surface area contributed by atoms with Gasteiger partial charge in [-0.15, -0.1) is 11.3 Å². The van der Waals surface area contributed by atoms with E-state index in [4.69, 9.17) is 27.1 Å². The van der Waals surface area contributed by atoms with Gasteiger partial charge in [-0.2, -0.15) is 10.1 Å². The number of benzene rings is 2. The number of nitrogen functional groups attached to an aromatic ring is 2. The maximum Gasteiger partial charge on any atom is 0.300 e. The van der Waals surface area contributed by atoms with Crippen LogP contribution in [-0.4, -0.2) is 31.2 Å². The van der Waals surface area contributed by atoms with Crippen LogP contribution in [0.5, 0.6) is 0 Å². The van der Waals surface area contributed by atoms with Crippen LogP contribution in [0, 0.1) is 0 Å². The van der Waals surface area contributed by atoms with Crippen LogP contribution in [0.4, 0.5) is 11.8 Å². The molecule has 32 heavy (non-hydrogen) atoms. The first-order chi connectivity index (χ1) is 15.4. The number of aromatic amines is 1. The summed E-state index contributed by atoms with van der Waals surface area (Å²) in [6, 6.07) is 12.4. The molecule has 0 amide bonds. The van der Waals surface area contributed by atoms with E-state index in [1.807, 2.05) is 18.2 Å². The van der Waals surface area contributed by atoms with Crippen LogP contribution in [0.15, 0.2) is 48.8 Å². The molecule has 0 saturated heterocycles. The Labute approximate surface area is 186 Å². The number of aliphatic carboxylic acids is 1. The number of H-pyrrole nitrogens is 1. The van der Waals surface area contributed by atoms with Crippen molar-refractivity contribution in [2.45, 2.75) is 13.5 Å². The number of hydrogen-bond acceptors (Lipinski definition) is 8. The molecule has 0 atom stereocenters. The Bertz CT molecular complexity index is 1440. The highest BCUT2D eigenvalue weighted by atomic mass is 32.1. The largest absolute Gasteiger partial charge is 0.481 e. The predicted octanol–water partition coefficient (Wildman–Crippen LogP) is 3.62. The van der Waals surface area contributed by atoms with Gasteiger partial charge in [-0.3, -0.25) is 9.89 Å². The Morgan fingerprint density at radius 2 is 1.91 bits per heavy atom. The number of anilines is 2. The minimum absolute atomic E-state index is 0.154. The van der Waals surface area contributed by atoms with Crippen molar-refractivity contribution in [1.29, 1.82) is 0 Å². The summed E-state index contributed by atoms with van der Waals surface area (Å²) in [5, 5.41) is 16.9. The molecule has 0 aliphatic heterocycles. The van der Waals surface area contributed by atoms with E-state index in [-0.39, 0.29) is 5.95 Å². The van der Waals surface area contributed by atoms with E-state index in [0.29, 0.717) is 12.4 Å². The van der Waals surface area contributed by atoms with Crippen molar-refractivity contribution in [1.82, 2.24) is 20.2 Å². The zero-order chi connectivity index (χ0) is 22.8. The summed E-state index contributed by atoms with van der Waals surface area (Å²) in [6.07, 6.45) is 3.45. The number of thiophene rings is 1. The Morgan fingerprint density at radius 3 is 2.62 bits per heavy atom. The third kappa shape index (κ3) is 3.96. The lowest BCUT2D eigenvalue weighted by atomic mass is 9.98. The van der Waals surface area contributed by atoms with Crippen molar-refractivity contribution in [3.63, 3.8) is 0 Å². The van der Waals surface area contributed by atoms with Gasteiger partial charge >= 0.3 is 0 Å². The lowest BCUT2D eigenvalue weighted by Crippen LogP contribution is -2.01. The third-order valence-electron chi connectivity index (χ3n) is 4.84. The molecule has 0 unspecified atom stereocenters. The van der Waals surface area contributed by atoms with Crippen molar-refractivity contribution < 1.29 is 9.90 Å². The monoisotopic (exact) mass is 447 g/mol. The fourth-order valence-electron chi connectivity index (χ4n) is 3.54. The molecule has 8 N–H and O–H groups in total. The fraction of sp³-hybridized carbons (Fsp3) is 0.0909. The molecule has 162 valence electrons. The average Bonchev–Trinajstić information content (AvgIpc) is 3.36. The van der Waals surface area contributed by atoms with Crippen molar-refractivity contribution in [2.75, 3.05) is 11.5 Å². The summed E-state index contributed by atoms with van der Waals surface area (Å²) in [5.41, 5.74) is 22.6. The van der Waals surface area contributed by atoms with E-state index >= 15 is 0 Å². The Kier molecular flexibility index (Phi) is 5.71. The first-order valence-corrected chi connectivity index (χ1v) is 10.5. The quantitative estimate of drug-likeness (QED) is 0.279. The molecular formula is C22H21N7O2S. The number of aromatic nitrogens is 4. The van der Waals surface area contributed by atoms with Gasteiger partial charge in [0.1, 0.15) is 5.82 Å². The number of carboxylic acid groups (broad SMARTS) is 1. The van der Waals surface area contributed by atoms with Gasteiger partial charge in [0.2, 0.25) is 5.95 Å². The van der Waals surface area contributed by atoms with Crippen LogP contribution in [0.2, 0.25) is 0 Å². The average molecular weight is 448 g/mol. The van der Waals surface area contributed by atoms with Gasteiger partial charge in [0.05, 0.1) is 11.7 Å². The first kappa shape index (κ1) is 21.2. The number of nitrogens with two attached hydrogens (primary N) is 3. The standard InChI is InChI=1S/C20H17N7S.C2H4O2/c21-7-14-12-3-1-2-4-16(12)28-18(14)13-6-10(5-11-8-25-27-17(11)13)15-9-24-20(23)26-19(15)22;1-2(3)4/h1-6,8-9H,7,21H2,(H,25,27)(H4,22,23,24,26);1H3,(H,3,4). The second-order valence-corrected chi connectivity index (χ2v) is 8.07. The molecule has 5 aromatic rings. The van der Waals surface area contributed by atoms with Crippen molar-refractivity contribution in [3.05, 3.63) is 54.4 Å². The van der Waals surface area contributed by atoms with Crippen LogP contribution in [0.25, 0.3) is 42.6 Å². The second-order valence-electron chi connectivity index (χ2n) is 7.01. The smallest absolute Gasteiger partial charge is 0.300 e. The van der Waals surface area contributed by atoms with Gasteiger partial charge in [-0.1, -0.05) is 18.2 Å². The topological polar surface area (TPSA) is 170 Å². The molecule has 0 bridgehead atoms. The number of hydrogen-bond donors (Lipinski definition) is 5. The van der Waals surface area contributed by atoms with Gasteiger partial charge in [-0.25, -0.2) is 4.98 Å². The van der Waals surface area contributed by atoms with E-state index in [1.165, 1.54) is 10.1 Å². The fourth-order valence-corrected chi connectivity index (χ4v) is 4.80. The molecule has 0 saturated carbocycles. The van der Waals surface area contributed by atoms with Gasteiger partial charge in [-0.05, 0) is 34.7 Å².